The number of amides is 2. The molecule has 2 amide bonds. The molecule has 7 heteroatoms. The van der Waals surface area contributed by atoms with Crippen molar-refractivity contribution < 1.29 is 14.1 Å². The molecular weight excluding hydrogens is 296 g/mol. The van der Waals surface area contributed by atoms with Gasteiger partial charge in [0.1, 0.15) is 6.54 Å². The highest BCUT2D eigenvalue weighted by Gasteiger charge is 2.21. The van der Waals surface area contributed by atoms with Gasteiger partial charge in [0, 0.05) is 20.0 Å². The van der Waals surface area contributed by atoms with Crippen LogP contribution in [0.15, 0.2) is 4.52 Å². The summed E-state index contributed by atoms with van der Waals surface area (Å²) in [5.41, 5.74) is 0. The second-order valence-corrected chi connectivity index (χ2v) is 6.22. The SMILES string of the molecule is CCc1noc(CN(C)C(=O)NCCO[C@@H]2CCCC[C@@H]2C)n1. The standard InChI is InChI=1S/C16H28N4O3/c1-4-14-18-15(23-19-14)11-20(3)16(21)17-9-10-22-13-8-6-5-7-12(13)2/h12-13H,4-11H2,1-3H3,(H,17,21)/t12-,13+/m0/s1. The first-order chi connectivity index (χ1) is 11.1. The second-order valence-electron chi connectivity index (χ2n) is 6.22. The number of nitrogens with zero attached hydrogens (tertiary/aromatic N) is 3. The molecule has 1 saturated carbocycles. The van der Waals surface area contributed by atoms with E-state index in [0.717, 1.165) is 12.8 Å². The maximum Gasteiger partial charge on any atom is 0.317 e. The lowest BCUT2D eigenvalue weighted by Gasteiger charge is -2.28. The van der Waals surface area contributed by atoms with E-state index >= 15 is 0 Å². The first-order valence-electron chi connectivity index (χ1n) is 8.52. The summed E-state index contributed by atoms with van der Waals surface area (Å²) in [6.45, 7) is 5.56. The van der Waals surface area contributed by atoms with Gasteiger partial charge in [-0.2, -0.15) is 4.98 Å². The number of nitrogens with one attached hydrogen (secondary N) is 1. The van der Waals surface area contributed by atoms with Crippen LogP contribution in [0.5, 0.6) is 0 Å². The van der Waals surface area contributed by atoms with Crippen LogP contribution >= 0.6 is 0 Å². The largest absolute Gasteiger partial charge is 0.376 e. The molecule has 0 radical (unpaired) electrons. The molecule has 0 aliphatic heterocycles. The van der Waals surface area contributed by atoms with Crippen molar-refractivity contribution in [3.63, 3.8) is 0 Å². The first kappa shape index (κ1) is 17.7. The van der Waals surface area contributed by atoms with Crippen molar-refractivity contribution in [1.82, 2.24) is 20.4 Å². The van der Waals surface area contributed by atoms with Crippen molar-refractivity contribution in [2.24, 2.45) is 5.92 Å². The zero-order valence-electron chi connectivity index (χ0n) is 14.4. The maximum atomic E-state index is 12.0. The number of urea groups is 1. The van der Waals surface area contributed by atoms with E-state index in [-0.39, 0.29) is 6.03 Å². The molecule has 1 aliphatic rings. The number of carbonyl (C=O) groups is 1. The van der Waals surface area contributed by atoms with E-state index in [0.29, 0.717) is 43.4 Å². The van der Waals surface area contributed by atoms with Crippen molar-refractivity contribution >= 4 is 6.03 Å². The normalized spacial score (nSPS) is 21.2. The Kier molecular flexibility index (Phi) is 6.83. The second kappa shape index (κ2) is 8.86. The average Bonchev–Trinajstić information content (AvgIpc) is 3.00. The van der Waals surface area contributed by atoms with E-state index in [2.05, 4.69) is 22.4 Å². The lowest BCUT2D eigenvalue weighted by molar-refractivity contribution is -0.00268. The molecular formula is C16H28N4O3. The van der Waals surface area contributed by atoms with Crippen molar-refractivity contribution in [1.29, 1.82) is 0 Å². The number of ether oxygens (including phenoxy) is 1. The number of aryl methyl sites for hydroxylation is 1. The summed E-state index contributed by atoms with van der Waals surface area (Å²) in [5.74, 6) is 1.73. The van der Waals surface area contributed by atoms with E-state index in [1.807, 2.05) is 6.92 Å². The molecule has 1 N–H and O–H groups in total. The zero-order chi connectivity index (χ0) is 16.7. The van der Waals surface area contributed by atoms with E-state index < -0.39 is 0 Å². The molecule has 1 fully saturated rings. The lowest BCUT2D eigenvalue weighted by atomic mass is 9.88. The van der Waals surface area contributed by atoms with E-state index in [1.54, 1.807) is 7.05 Å². The molecule has 1 heterocycles. The third-order valence-electron chi connectivity index (χ3n) is 4.29. The minimum atomic E-state index is -0.165. The number of hydrogen-bond donors (Lipinski definition) is 1. The van der Waals surface area contributed by atoms with Gasteiger partial charge in [-0.1, -0.05) is 31.8 Å². The molecule has 130 valence electrons. The highest BCUT2D eigenvalue weighted by atomic mass is 16.5. The summed E-state index contributed by atoms with van der Waals surface area (Å²) in [7, 11) is 1.70. The quantitative estimate of drug-likeness (QED) is 0.779. The van der Waals surface area contributed by atoms with Crippen LogP contribution in [0.4, 0.5) is 4.79 Å². The van der Waals surface area contributed by atoms with E-state index in [1.165, 1.54) is 24.2 Å². The van der Waals surface area contributed by atoms with Crippen LogP contribution in [0.3, 0.4) is 0 Å². The lowest BCUT2D eigenvalue weighted by Crippen LogP contribution is -2.39. The van der Waals surface area contributed by atoms with Gasteiger partial charge in [-0.3, -0.25) is 0 Å². The molecule has 2 atom stereocenters. The predicted octanol–water partition coefficient (Wildman–Crippen LogP) is 2.37. The number of carbonyl (C=O) groups excluding carboxylic acids is 1. The molecule has 23 heavy (non-hydrogen) atoms. The highest BCUT2D eigenvalue weighted by molar-refractivity contribution is 5.73. The monoisotopic (exact) mass is 324 g/mol. The van der Waals surface area contributed by atoms with Crippen LogP contribution in [0.1, 0.15) is 51.2 Å². The fraction of sp³-hybridized carbons (Fsp3) is 0.812. The minimum Gasteiger partial charge on any atom is -0.376 e. The third kappa shape index (κ3) is 5.49. The molecule has 7 nitrogen and oxygen atoms in total. The van der Waals surface area contributed by atoms with E-state index in [4.69, 9.17) is 9.26 Å². The summed E-state index contributed by atoms with van der Waals surface area (Å²) in [5, 5.41) is 6.67. The minimum absolute atomic E-state index is 0.165. The third-order valence-corrected chi connectivity index (χ3v) is 4.29. The summed E-state index contributed by atoms with van der Waals surface area (Å²) < 4.78 is 11.0. The molecule has 0 aromatic carbocycles. The smallest absolute Gasteiger partial charge is 0.317 e. The first-order valence-corrected chi connectivity index (χ1v) is 8.52. The number of rotatable bonds is 7. The molecule has 2 rings (SSSR count). The van der Waals surface area contributed by atoms with Crippen molar-refractivity contribution in [3.8, 4) is 0 Å². The summed E-state index contributed by atoms with van der Waals surface area (Å²) >= 11 is 0. The Morgan fingerprint density at radius 2 is 2.22 bits per heavy atom. The Labute approximate surface area is 137 Å². The van der Waals surface area contributed by atoms with Gasteiger partial charge in [-0.25, -0.2) is 4.79 Å². The topological polar surface area (TPSA) is 80.5 Å². The maximum absolute atomic E-state index is 12.0. The van der Waals surface area contributed by atoms with Gasteiger partial charge < -0.3 is 19.5 Å². The molecule has 0 bridgehead atoms. The molecule has 1 aromatic rings. The van der Waals surface area contributed by atoms with Crippen LogP contribution < -0.4 is 5.32 Å². The average molecular weight is 324 g/mol. The summed E-state index contributed by atoms with van der Waals surface area (Å²) in [6, 6.07) is -0.165. The predicted molar refractivity (Wildman–Crippen MR) is 85.9 cm³/mol. The molecule has 1 aliphatic carbocycles. The molecule has 1 aromatic heterocycles. The van der Waals surface area contributed by atoms with Gasteiger partial charge >= 0.3 is 6.03 Å². The van der Waals surface area contributed by atoms with Crippen molar-refractivity contribution in [2.45, 2.75) is 58.6 Å². The number of hydrogen-bond acceptors (Lipinski definition) is 5. The van der Waals surface area contributed by atoms with Crippen LogP contribution in [0.25, 0.3) is 0 Å². The van der Waals surface area contributed by atoms with E-state index in [9.17, 15) is 4.79 Å². The molecule has 0 spiro atoms. The molecule has 0 unspecified atom stereocenters. The van der Waals surface area contributed by atoms with Gasteiger partial charge in [-0.15, -0.1) is 0 Å². The van der Waals surface area contributed by atoms with Gasteiger partial charge in [0.25, 0.3) is 0 Å². The Morgan fingerprint density at radius 1 is 1.43 bits per heavy atom. The fourth-order valence-electron chi connectivity index (χ4n) is 2.81. The summed E-state index contributed by atoms with van der Waals surface area (Å²) in [6.07, 6.45) is 5.97. The van der Waals surface area contributed by atoms with Crippen LogP contribution in [0.2, 0.25) is 0 Å². The Hall–Kier alpha value is -1.63. The van der Waals surface area contributed by atoms with Crippen LogP contribution in [-0.4, -0.2) is 47.4 Å². The summed E-state index contributed by atoms with van der Waals surface area (Å²) in [4.78, 5) is 17.7. The van der Waals surface area contributed by atoms with Gasteiger partial charge in [0.2, 0.25) is 5.89 Å². The Bertz CT molecular complexity index is 491. The van der Waals surface area contributed by atoms with Gasteiger partial charge in [0.05, 0.1) is 12.7 Å². The van der Waals surface area contributed by atoms with Crippen molar-refractivity contribution in [2.75, 3.05) is 20.2 Å². The van der Waals surface area contributed by atoms with Gasteiger partial charge in [-0.05, 0) is 18.8 Å². The zero-order valence-corrected chi connectivity index (χ0v) is 14.4. The van der Waals surface area contributed by atoms with Crippen LogP contribution in [-0.2, 0) is 17.7 Å². The Morgan fingerprint density at radius 3 is 2.91 bits per heavy atom. The fourth-order valence-corrected chi connectivity index (χ4v) is 2.81. The Balaban J connectivity index is 1.63. The van der Waals surface area contributed by atoms with Crippen molar-refractivity contribution in [3.05, 3.63) is 11.7 Å². The number of aromatic nitrogens is 2. The van der Waals surface area contributed by atoms with Crippen LogP contribution in [0, 0.1) is 5.92 Å². The molecule has 0 saturated heterocycles. The highest BCUT2D eigenvalue weighted by Crippen LogP contribution is 2.25. The van der Waals surface area contributed by atoms with Gasteiger partial charge in [0.15, 0.2) is 5.82 Å².